The molecule has 0 radical (unpaired) electrons. The Bertz CT molecular complexity index is 931. The standard InChI is InChI=1S/C18H19N5O2/c1-12-17-21-20-16(11-25-2)23(17)10-9-22(12)18(24)14-7-8-19-15-6-4-3-5-13(14)15/h3-8,12H,9-11H2,1-2H3/t12-/m1/s1. The quantitative estimate of drug-likeness (QED) is 0.732. The summed E-state index contributed by atoms with van der Waals surface area (Å²) >= 11 is 0. The summed E-state index contributed by atoms with van der Waals surface area (Å²) in [5, 5.41) is 9.34. The van der Waals surface area contributed by atoms with Crippen LogP contribution in [0, 0.1) is 0 Å². The molecule has 0 spiro atoms. The number of carbonyl (C=O) groups is 1. The first-order chi connectivity index (χ1) is 12.2. The molecule has 0 fully saturated rings. The number of methoxy groups -OCH3 is 1. The summed E-state index contributed by atoms with van der Waals surface area (Å²) in [6.45, 7) is 3.68. The van der Waals surface area contributed by atoms with E-state index in [4.69, 9.17) is 4.74 Å². The van der Waals surface area contributed by atoms with E-state index in [2.05, 4.69) is 15.2 Å². The van der Waals surface area contributed by atoms with Crippen molar-refractivity contribution in [3.8, 4) is 0 Å². The molecule has 1 aromatic carbocycles. The molecule has 0 saturated carbocycles. The average molecular weight is 337 g/mol. The highest BCUT2D eigenvalue weighted by Crippen LogP contribution is 2.28. The molecule has 25 heavy (non-hydrogen) atoms. The third-order valence-electron chi connectivity index (χ3n) is 4.68. The number of carbonyl (C=O) groups excluding carboxylic acids is 1. The Kier molecular flexibility index (Phi) is 3.93. The van der Waals surface area contributed by atoms with Gasteiger partial charge < -0.3 is 14.2 Å². The molecular weight excluding hydrogens is 318 g/mol. The Morgan fingerprint density at radius 2 is 2.08 bits per heavy atom. The van der Waals surface area contributed by atoms with Crippen LogP contribution >= 0.6 is 0 Å². The van der Waals surface area contributed by atoms with Crippen molar-refractivity contribution in [2.24, 2.45) is 0 Å². The van der Waals surface area contributed by atoms with Gasteiger partial charge in [0, 0.05) is 31.8 Å². The first-order valence-corrected chi connectivity index (χ1v) is 8.26. The maximum atomic E-state index is 13.2. The monoisotopic (exact) mass is 337 g/mol. The number of amides is 1. The molecule has 1 amide bonds. The van der Waals surface area contributed by atoms with Crippen molar-refractivity contribution < 1.29 is 9.53 Å². The zero-order valence-corrected chi connectivity index (χ0v) is 14.2. The maximum Gasteiger partial charge on any atom is 0.255 e. The highest BCUT2D eigenvalue weighted by molar-refractivity contribution is 6.06. The van der Waals surface area contributed by atoms with E-state index in [-0.39, 0.29) is 11.9 Å². The minimum Gasteiger partial charge on any atom is -0.377 e. The van der Waals surface area contributed by atoms with E-state index < -0.39 is 0 Å². The molecule has 4 rings (SSSR count). The van der Waals surface area contributed by atoms with Gasteiger partial charge in [-0.05, 0) is 19.1 Å². The minimum atomic E-state index is -0.147. The van der Waals surface area contributed by atoms with Gasteiger partial charge in [-0.3, -0.25) is 9.78 Å². The van der Waals surface area contributed by atoms with Gasteiger partial charge in [-0.1, -0.05) is 18.2 Å². The molecule has 3 aromatic rings. The number of nitrogens with zero attached hydrogens (tertiary/aromatic N) is 5. The lowest BCUT2D eigenvalue weighted by Gasteiger charge is -2.34. The lowest BCUT2D eigenvalue weighted by Crippen LogP contribution is -2.41. The van der Waals surface area contributed by atoms with Gasteiger partial charge >= 0.3 is 0 Å². The molecule has 7 nitrogen and oxygen atoms in total. The summed E-state index contributed by atoms with van der Waals surface area (Å²) in [7, 11) is 1.64. The SMILES string of the molecule is COCc1nnc2n1CCN(C(=O)c1ccnc3ccccc13)[C@@H]2C. The van der Waals surface area contributed by atoms with E-state index >= 15 is 0 Å². The van der Waals surface area contributed by atoms with E-state index in [1.54, 1.807) is 19.4 Å². The van der Waals surface area contributed by atoms with Crippen LogP contribution in [0.2, 0.25) is 0 Å². The van der Waals surface area contributed by atoms with Crippen LogP contribution in [0.4, 0.5) is 0 Å². The van der Waals surface area contributed by atoms with Gasteiger partial charge in [0.25, 0.3) is 5.91 Å². The van der Waals surface area contributed by atoms with Crippen molar-refractivity contribution in [1.82, 2.24) is 24.6 Å². The number of benzene rings is 1. The highest BCUT2D eigenvalue weighted by Gasteiger charge is 2.32. The molecule has 0 bridgehead atoms. The summed E-state index contributed by atoms with van der Waals surface area (Å²) in [6.07, 6.45) is 1.68. The normalized spacial score (nSPS) is 16.9. The molecular formula is C18H19N5O2. The largest absolute Gasteiger partial charge is 0.377 e. The van der Waals surface area contributed by atoms with Crippen molar-refractivity contribution in [2.45, 2.75) is 26.1 Å². The molecule has 0 aliphatic carbocycles. The molecule has 0 unspecified atom stereocenters. The molecule has 0 saturated heterocycles. The lowest BCUT2D eigenvalue weighted by molar-refractivity contribution is 0.0634. The Balaban J connectivity index is 1.69. The summed E-state index contributed by atoms with van der Waals surface area (Å²) in [6, 6.07) is 9.34. The Hall–Kier alpha value is -2.80. The van der Waals surface area contributed by atoms with Crippen molar-refractivity contribution in [3.05, 3.63) is 53.7 Å². The molecule has 1 aliphatic heterocycles. The first-order valence-electron chi connectivity index (χ1n) is 8.26. The summed E-state index contributed by atoms with van der Waals surface area (Å²) < 4.78 is 7.21. The van der Waals surface area contributed by atoms with E-state index in [0.29, 0.717) is 25.3 Å². The van der Waals surface area contributed by atoms with Crippen LogP contribution in [0.3, 0.4) is 0 Å². The predicted octanol–water partition coefficient (Wildman–Crippen LogP) is 2.19. The van der Waals surface area contributed by atoms with Crippen molar-refractivity contribution in [2.75, 3.05) is 13.7 Å². The second kappa shape index (κ2) is 6.25. The van der Waals surface area contributed by atoms with Crippen LogP contribution in [0.15, 0.2) is 36.5 Å². The first kappa shape index (κ1) is 15.7. The van der Waals surface area contributed by atoms with Crippen molar-refractivity contribution in [3.63, 3.8) is 0 Å². The molecule has 7 heteroatoms. The van der Waals surface area contributed by atoms with E-state index in [9.17, 15) is 4.79 Å². The van der Waals surface area contributed by atoms with Crippen molar-refractivity contribution >= 4 is 16.8 Å². The number of ether oxygens (including phenoxy) is 1. The molecule has 128 valence electrons. The molecule has 3 heterocycles. The zero-order valence-electron chi connectivity index (χ0n) is 14.2. The number of para-hydroxylation sites is 1. The Morgan fingerprint density at radius 3 is 2.92 bits per heavy atom. The van der Waals surface area contributed by atoms with Gasteiger partial charge in [0.1, 0.15) is 6.61 Å². The summed E-state index contributed by atoms with van der Waals surface area (Å²) in [5.74, 6) is 1.59. The van der Waals surface area contributed by atoms with Crippen LogP contribution in [0.1, 0.15) is 35.0 Å². The summed E-state index contributed by atoms with van der Waals surface area (Å²) in [5.41, 5.74) is 1.49. The van der Waals surface area contributed by atoms with Gasteiger partial charge in [-0.25, -0.2) is 0 Å². The third-order valence-corrected chi connectivity index (χ3v) is 4.68. The predicted molar refractivity (Wildman–Crippen MR) is 91.9 cm³/mol. The molecule has 0 N–H and O–H groups in total. The fraction of sp³-hybridized carbons (Fsp3) is 0.333. The number of pyridine rings is 1. The van der Waals surface area contributed by atoms with Crippen LogP contribution < -0.4 is 0 Å². The Labute approximate surface area is 145 Å². The number of aromatic nitrogens is 4. The fourth-order valence-corrected chi connectivity index (χ4v) is 3.39. The third kappa shape index (κ3) is 2.56. The fourth-order valence-electron chi connectivity index (χ4n) is 3.39. The number of fused-ring (bicyclic) bond motifs is 2. The lowest BCUT2D eigenvalue weighted by atomic mass is 10.1. The number of rotatable bonds is 3. The van der Waals surface area contributed by atoms with Crippen LogP contribution in [0.25, 0.3) is 10.9 Å². The second-order valence-electron chi connectivity index (χ2n) is 6.11. The summed E-state index contributed by atoms with van der Waals surface area (Å²) in [4.78, 5) is 19.4. The zero-order chi connectivity index (χ0) is 17.4. The van der Waals surface area contributed by atoms with E-state index in [0.717, 1.165) is 22.6 Å². The van der Waals surface area contributed by atoms with Crippen LogP contribution in [0.5, 0.6) is 0 Å². The van der Waals surface area contributed by atoms with Gasteiger partial charge in [0.05, 0.1) is 17.1 Å². The topological polar surface area (TPSA) is 73.1 Å². The van der Waals surface area contributed by atoms with Gasteiger partial charge in [0.15, 0.2) is 11.6 Å². The number of hydrogen-bond donors (Lipinski definition) is 0. The average Bonchev–Trinajstić information content (AvgIpc) is 3.05. The number of hydrogen-bond acceptors (Lipinski definition) is 5. The minimum absolute atomic E-state index is 0.00589. The maximum absolute atomic E-state index is 13.2. The van der Waals surface area contributed by atoms with Gasteiger partial charge in [-0.2, -0.15) is 0 Å². The highest BCUT2D eigenvalue weighted by atomic mass is 16.5. The van der Waals surface area contributed by atoms with Crippen molar-refractivity contribution in [1.29, 1.82) is 0 Å². The van der Waals surface area contributed by atoms with Crippen LogP contribution in [-0.4, -0.2) is 44.2 Å². The Morgan fingerprint density at radius 1 is 1.24 bits per heavy atom. The van der Waals surface area contributed by atoms with Gasteiger partial charge in [-0.15, -0.1) is 10.2 Å². The smallest absolute Gasteiger partial charge is 0.255 e. The van der Waals surface area contributed by atoms with E-state index in [1.165, 1.54) is 0 Å². The van der Waals surface area contributed by atoms with Crippen LogP contribution in [-0.2, 0) is 17.9 Å². The second-order valence-corrected chi connectivity index (χ2v) is 6.11. The van der Waals surface area contributed by atoms with Gasteiger partial charge in [0.2, 0.25) is 0 Å². The molecule has 2 aromatic heterocycles. The molecule has 1 aliphatic rings. The molecule has 1 atom stereocenters. The van der Waals surface area contributed by atoms with E-state index in [1.807, 2.05) is 40.7 Å².